The lowest BCUT2D eigenvalue weighted by Crippen LogP contribution is -2.44. The number of rotatable bonds is 6. The topological polar surface area (TPSA) is 49.4 Å². The number of hydrogen-bond acceptors (Lipinski definition) is 2. The van der Waals surface area contributed by atoms with Gasteiger partial charge in [0.2, 0.25) is 11.8 Å². The van der Waals surface area contributed by atoms with Gasteiger partial charge in [-0.25, -0.2) is 0 Å². The van der Waals surface area contributed by atoms with Crippen molar-refractivity contribution in [3.8, 4) is 0 Å². The zero-order chi connectivity index (χ0) is 15.9. The molecule has 0 spiro atoms. The molecule has 1 N–H and O–H groups in total. The average molecular weight is 302 g/mol. The maximum atomic E-state index is 12.4. The molecule has 1 aromatic rings. The second-order valence-electron chi connectivity index (χ2n) is 5.85. The number of likely N-dealkylation sites (tertiary alicyclic amines) is 1. The maximum Gasteiger partial charge on any atom is 0.242 e. The van der Waals surface area contributed by atoms with E-state index in [0.717, 1.165) is 25.8 Å². The highest BCUT2D eigenvalue weighted by molar-refractivity contribution is 5.85. The Morgan fingerprint density at radius 2 is 2.00 bits per heavy atom. The molecule has 2 amide bonds. The van der Waals surface area contributed by atoms with E-state index in [9.17, 15) is 9.59 Å². The molecular formula is C18H26N2O2. The summed E-state index contributed by atoms with van der Waals surface area (Å²) in [4.78, 5) is 25.8. The van der Waals surface area contributed by atoms with Crippen molar-refractivity contribution >= 4 is 11.8 Å². The lowest BCUT2D eigenvalue weighted by molar-refractivity contribution is -0.133. The highest BCUT2D eigenvalue weighted by Crippen LogP contribution is 2.33. The molecule has 1 aliphatic rings. The molecule has 4 nitrogen and oxygen atoms in total. The standard InChI is InChI=1S/C18H26N2O2/c1-3-15(14-9-6-5-7-10-14)16-11-8-12-20(16)18(22)13-19-17(21)4-2/h5-7,9-10,15-16H,3-4,8,11-13H2,1-2H3,(H,19,21)/t15-,16+/m1/s1. The molecule has 2 rings (SSSR count). The van der Waals surface area contributed by atoms with Gasteiger partial charge in [-0.1, -0.05) is 44.2 Å². The number of nitrogens with zero attached hydrogens (tertiary/aromatic N) is 1. The van der Waals surface area contributed by atoms with Crippen molar-refractivity contribution in [1.82, 2.24) is 10.2 Å². The Kier molecular flexibility index (Phi) is 5.99. The van der Waals surface area contributed by atoms with E-state index >= 15 is 0 Å². The molecule has 0 aromatic heterocycles. The van der Waals surface area contributed by atoms with Gasteiger partial charge in [0.05, 0.1) is 6.54 Å². The third kappa shape index (κ3) is 3.87. The first-order chi connectivity index (χ1) is 10.7. The van der Waals surface area contributed by atoms with Gasteiger partial charge in [0.15, 0.2) is 0 Å². The van der Waals surface area contributed by atoms with E-state index in [4.69, 9.17) is 0 Å². The first-order valence-corrected chi connectivity index (χ1v) is 8.28. The van der Waals surface area contributed by atoms with E-state index in [1.165, 1.54) is 5.56 Å². The lowest BCUT2D eigenvalue weighted by atomic mass is 9.87. The number of carbonyl (C=O) groups is 2. The maximum absolute atomic E-state index is 12.4. The Bertz CT molecular complexity index is 501. The molecule has 0 radical (unpaired) electrons. The van der Waals surface area contributed by atoms with Crippen LogP contribution in [0, 0.1) is 0 Å². The van der Waals surface area contributed by atoms with E-state index in [1.807, 2.05) is 11.0 Å². The summed E-state index contributed by atoms with van der Waals surface area (Å²) in [5.41, 5.74) is 1.30. The summed E-state index contributed by atoms with van der Waals surface area (Å²) in [5.74, 6) is 0.340. The van der Waals surface area contributed by atoms with E-state index in [-0.39, 0.29) is 24.4 Å². The third-order valence-corrected chi connectivity index (χ3v) is 4.51. The predicted molar refractivity (Wildman–Crippen MR) is 87.5 cm³/mol. The quantitative estimate of drug-likeness (QED) is 0.878. The number of carbonyl (C=O) groups excluding carboxylic acids is 2. The highest BCUT2D eigenvalue weighted by atomic mass is 16.2. The smallest absolute Gasteiger partial charge is 0.242 e. The lowest BCUT2D eigenvalue weighted by Gasteiger charge is -2.31. The molecule has 1 aromatic carbocycles. The molecule has 120 valence electrons. The van der Waals surface area contributed by atoms with Crippen LogP contribution in [0.5, 0.6) is 0 Å². The zero-order valence-corrected chi connectivity index (χ0v) is 13.5. The summed E-state index contributed by atoms with van der Waals surface area (Å²) < 4.78 is 0. The van der Waals surface area contributed by atoms with Crippen molar-refractivity contribution < 1.29 is 9.59 Å². The van der Waals surface area contributed by atoms with Crippen molar-refractivity contribution in [2.24, 2.45) is 0 Å². The summed E-state index contributed by atoms with van der Waals surface area (Å²) in [6.07, 6.45) is 3.51. The van der Waals surface area contributed by atoms with Gasteiger partial charge < -0.3 is 10.2 Å². The number of amides is 2. The van der Waals surface area contributed by atoms with Crippen LogP contribution in [0.1, 0.15) is 51.0 Å². The van der Waals surface area contributed by atoms with Gasteiger partial charge in [-0.05, 0) is 24.8 Å². The van der Waals surface area contributed by atoms with Gasteiger partial charge in [0, 0.05) is 24.9 Å². The molecule has 0 bridgehead atoms. The van der Waals surface area contributed by atoms with E-state index in [1.54, 1.807) is 6.92 Å². The number of benzene rings is 1. The highest BCUT2D eigenvalue weighted by Gasteiger charge is 2.34. The monoisotopic (exact) mass is 302 g/mol. The van der Waals surface area contributed by atoms with Gasteiger partial charge in [0.1, 0.15) is 0 Å². The average Bonchev–Trinajstić information content (AvgIpc) is 3.03. The van der Waals surface area contributed by atoms with Gasteiger partial charge in [-0.3, -0.25) is 9.59 Å². The molecule has 4 heteroatoms. The van der Waals surface area contributed by atoms with Crippen molar-refractivity contribution in [3.63, 3.8) is 0 Å². The van der Waals surface area contributed by atoms with Crippen LogP contribution in [-0.2, 0) is 9.59 Å². The Balaban J connectivity index is 2.05. The molecule has 22 heavy (non-hydrogen) atoms. The van der Waals surface area contributed by atoms with Gasteiger partial charge >= 0.3 is 0 Å². The molecule has 1 saturated heterocycles. The van der Waals surface area contributed by atoms with Gasteiger partial charge in [-0.2, -0.15) is 0 Å². The fourth-order valence-electron chi connectivity index (χ4n) is 3.35. The van der Waals surface area contributed by atoms with Crippen LogP contribution in [0.4, 0.5) is 0 Å². The molecule has 0 aliphatic carbocycles. The predicted octanol–water partition coefficient (Wildman–Crippen LogP) is 2.70. The molecule has 2 atom stereocenters. The van der Waals surface area contributed by atoms with Crippen molar-refractivity contribution in [1.29, 1.82) is 0 Å². The fourth-order valence-corrected chi connectivity index (χ4v) is 3.35. The number of hydrogen-bond donors (Lipinski definition) is 1. The normalized spacial score (nSPS) is 19.0. The van der Waals surface area contributed by atoms with E-state index < -0.39 is 0 Å². The molecule has 0 saturated carbocycles. The molecule has 1 heterocycles. The minimum atomic E-state index is -0.0702. The van der Waals surface area contributed by atoms with Gasteiger partial charge in [0.25, 0.3) is 0 Å². The Hall–Kier alpha value is -1.84. The van der Waals surface area contributed by atoms with E-state index in [0.29, 0.717) is 12.3 Å². The first-order valence-electron chi connectivity index (χ1n) is 8.28. The summed E-state index contributed by atoms with van der Waals surface area (Å²) in [5, 5.41) is 2.70. The molecular weight excluding hydrogens is 276 g/mol. The van der Waals surface area contributed by atoms with Crippen LogP contribution in [0.3, 0.4) is 0 Å². The van der Waals surface area contributed by atoms with Crippen LogP contribution in [0.2, 0.25) is 0 Å². The SMILES string of the molecule is CCC(=O)NCC(=O)N1CCC[C@H]1[C@H](CC)c1ccccc1. The van der Waals surface area contributed by atoms with E-state index in [2.05, 4.69) is 36.5 Å². The van der Waals surface area contributed by atoms with Crippen molar-refractivity contribution in [2.75, 3.05) is 13.1 Å². The van der Waals surface area contributed by atoms with Crippen LogP contribution < -0.4 is 5.32 Å². The minimum absolute atomic E-state index is 0.0404. The third-order valence-electron chi connectivity index (χ3n) is 4.51. The second-order valence-corrected chi connectivity index (χ2v) is 5.85. The van der Waals surface area contributed by atoms with Crippen molar-refractivity contribution in [3.05, 3.63) is 35.9 Å². The molecule has 0 unspecified atom stereocenters. The number of nitrogens with one attached hydrogen (secondary N) is 1. The minimum Gasteiger partial charge on any atom is -0.347 e. The zero-order valence-electron chi connectivity index (χ0n) is 13.5. The first kappa shape index (κ1) is 16.5. The second kappa shape index (κ2) is 7.97. The Labute approximate surface area is 132 Å². The Morgan fingerprint density at radius 3 is 2.64 bits per heavy atom. The summed E-state index contributed by atoms with van der Waals surface area (Å²) in [7, 11) is 0. The summed E-state index contributed by atoms with van der Waals surface area (Å²) in [6.45, 7) is 4.89. The fraction of sp³-hybridized carbons (Fsp3) is 0.556. The molecule has 1 fully saturated rings. The van der Waals surface area contributed by atoms with Crippen LogP contribution in [-0.4, -0.2) is 35.8 Å². The van der Waals surface area contributed by atoms with Crippen LogP contribution in [0.25, 0.3) is 0 Å². The van der Waals surface area contributed by atoms with Gasteiger partial charge in [-0.15, -0.1) is 0 Å². The Morgan fingerprint density at radius 1 is 1.27 bits per heavy atom. The summed E-state index contributed by atoms with van der Waals surface area (Å²) >= 11 is 0. The largest absolute Gasteiger partial charge is 0.347 e. The summed E-state index contributed by atoms with van der Waals surface area (Å²) in [6, 6.07) is 10.7. The molecule has 1 aliphatic heterocycles. The van der Waals surface area contributed by atoms with Crippen LogP contribution >= 0.6 is 0 Å². The van der Waals surface area contributed by atoms with Crippen LogP contribution in [0.15, 0.2) is 30.3 Å². The van der Waals surface area contributed by atoms with Crippen molar-refractivity contribution in [2.45, 2.75) is 51.5 Å².